The minimum atomic E-state index is 0.0914. The number of nitrogens with one attached hydrogen (secondary N) is 1. The first-order chi connectivity index (χ1) is 16.4. The van der Waals surface area contributed by atoms with E-state index in [9.17, 15) is 14.7 Å². The highest BCUT2D eigenvalue weighted by atomic mass is 16.2. The molecule has 0 aromatic heterocycles. The Hall–Kier alpha value is -1.80. The van der Waals surface area contributed by atoms with Crippen molar-refractivity contribution in [3.8, 4) is 0 Å². The van der Waals surface area contributed by atoms with E-state index in [4.69, 9.17) is 0 Å². The zero-order valence-electron chi connectivity index (χ0n) is 21.0. The first-order valence-corrected chi connectivity index (χ1v) is 13.7. The normalized spacial score (nSPS) is 45.3. The lowest BCUT2D eigenvalue weighted by molar-refractivity contribution is -0.142. The highest BCUT2D eigenvalue weighted by Crippen LogP contribution is 2.68. The van der Waals surface area contributed by atoms with Gasteiger partial charge in [-0.05, 0) is 122 Å². The van der Waals surface area contributed by atoms with Crippen LogP contribution in [-0.4, -0.2) is 35.1 Å². The maximum Gasteiger partial charge on any atom is 0.237 e. The molecule has 5 heteroatoms. The lowest BCUT2D eigenvalue weighted by Crippen LogP contribution is -2.56. The van der Waals surface area contributed by atoms with Crippen LogP contribution in [0.25, 0.3) is 0 Å². The van der Waals surface area contributed by atoms with Gasteiger partial charge in [0, 0.05) is 19.0 Å². The molecule has 0 aromatic carbocycles. The fraction of sp³-hybridized carbons (Fsp3) is 0.793. The summed E-state index contributed by atoms with van der Waals surface area (Å²) < 4.78 is 0. The molecule has 5 aliphatic rings. The second-order valence-electron chi connectivity index (χ2n) is 12.5. The molecular weight excluding hydrogens is 424 g/mol. The molecule has 0 radical (unpaired) electrons. The number of hydrogen-bond donors (Lipinski definition) is 2. The number of carbonyl (C=O) groups excluding carboxylic acids is 2. The fourth-order valence-electron chi connectivity index (χ4n) is 9.54. The molecule has 186 valence electrons. The summed E-state index contributed by atoms with van der Waals surface area (Å²) in [6.45, 7) is 6.83. The fourth-order valence-corrected chi connectivity index (χ4v) is 9.54. The van der Waals surface area contributed by atoms with E-state index in [-0.39, 0.29) is 28.6 Å². The summed E-state index contributed by atoms with van der Waals surface area (Å²) in [4.78, 5) is 24.3. The number of rotatable bonds is 3. The van der Waals surface area contributed by atoms with Crippen LogP contribution in [0.3, 0.4) is 0 Å². The number of hydrazine groups is 1. The van der Waals surface area contributed by atoms with Crippen molar-refractivity contribution in [2.75, 3.05) is 13.1 Å². The van der Waals surface area contributed by atoms with Crippen molar-refractivity contribution in [2.45, 2.75) is 84.5 Å². The summed E-state index contributed by atoms with van der Waals surface area (Å²) in [5.74, 6) is 4.83. The van der Waals surface area contributed by atoms with E-state index in [1.807, 2.05) is 12.0 Å². The van der Waals surface area contributed by atoms with E-state index < -0.39 is 0 Å². The number of allylic oxidation sites excluding steroid dienone is 2. The maximum absolute atomic E-state index is 13.4. The van der Waals surface area contributed by atoms with Crippen molar-refractivity contribution in [3.63, 3.8) is 0 Å². The van der Waals surface area contributed by atoms with Gasteiger partial charge in [0.2, 0.25) is 5.91 Å². The molecule has 1 aliphatic heterocycles. The largest absolute Gasteiger partial charge is 0.516 e. The molecule has 5 nitrogen and oxygen atoms in total. The standard InChI is InChI=1S/C29H42N2O3/c1-28-13-12-25-22(24(28)10-11-26(28)27(34)30-31-14-4-3-5-15-31)8-9-23-21(7-6-16-32)17-20(19-33)18-29(23,25)2/h7,19,21-26,33H,3-5,8-15,17-18H2,1-2H3,(H,30,34)/t21?,22-,23?,24-,25-,26+,28-,29-/m0/s1. The van der Waals surface area contributed by atoms with Gasteiger partial charge in [0.05, 0.1) is 6.26 Å². The molecule has 8 atom stereocenters. The van der Waals surface area contributed by atoms with Crippen LogP contribution in [0.2, 0.25) is 0 Å². The Balaban J connectivity index is 1.36. The molecule has 1 amide bonds. The van der Waals surface area contributed by atoms with Crippen LogP contribution in [0.1, 0.15) is 84.5 Å². The van der Waals surface area contributed by atoms with Crippen LogP contribution in [0.15, 0.2) is 23.6 Å². The minimum absolute atomic E-state index is 0.0914. The van der Waals surface area contributed by atoms with E-state index in [1.165, 1.54) is 31.9 Å². The molecular formula is C29H42N2O3. The Morgan fingerprint density at radius 1 is 1.03 bits per heavy atom. The van der Waals surface area contributed by atoms with Gasteiger partial charge in [-0.1, -0.05) is 20.3 Å². The molecule has 1 saturated heterocycles. The van der Waals surface area contributed by atoms with Gasteiger partial charge in [-0.15, -0.1) is 0 Å². The molecule has 5 fully saturated rings. The summed E-state index contributed by atoms with van der Waals surface area (Å²) in [5.41, 5.74) is 7.31. The van der Waals surface area contributed by atoms with E-state index in [2.05, 4.69) is 30.0 Å². The van der Waals surface area contributed by atoms with Crippen molar-refractivity contribution in [1.29, 1.82) is 0 Å². The molecule has 4 aliphatic carbocycles. The third kappa shape index (κ3) is 3.91. The highest BCUT2D eigenvalue weighted by Gasteiger charge is 2.62. The molecule has 2 N–H and O–H groups in total. The predicted molar refractivity (Wildman–Crippen MR) is 132 cm³/mol. The van der Waals surface area contributed by atoms with Crippen molar-refractivity contribution in [3.05, 3.63) is 23.6 Å². The summed E-state index contributed by atoms with van der Waals surface area (Å²) in [6.07, 6.45) is 15.5. The first kappa shape index (κ1) is 23.9. The molecule has 5 rings (SSSR count). The minimum Gasteiger partial charge on any atom is -0.516 e. The first-order valence-electron chi connectivity index (χ1n) is 13.7. The van der Waals surface area contributed by atoms with Gasteiger partial charge in [0.1, 0.15) is 0 Å². The number of fused-ring (bicyclic) bond motifs is 5. The van der Waals surface area contributed by atoms with E-state index in [0.29, 0.717) is 23.7 Å². The highest BCUT2D eigenvalue weighted by molar-refractivity contribution is 5.79. The molecule has 2 unspecified atom stereocenters. The molecule has 0 aromatic rings. The van der Waals surface area contributed by atoms with Gasteiger partial charge in [0.15, 0.2) is 5.94 Å². The number of aliphatic hydroxyl groups is 1. The smallest absolute Gasteiger partial charge is 0.237 e. The van der Waals surface area contributed by atoms with Gasteiger partial charge in [-0.25, -0.2) is 9.80 Å². The van der Waals surface area contributed by atoms with Crippen molar-refractivity contribution in [1.82, 2.24) is 10.4 Å². The quantitative estimate of drug-likeness (QED) is 0.333. The number of carbonyl (C=O) groups is 1. The Morgan fingerprint density at radius 2 is 1.76 bits per heavy atom. The average Bonchev–Trinajstić information content (AvgIpc) is 3.20. The topological polar surface area (TPSA) is 69.6 Å². The zero-order chi connectivity index (χ0) is 23.9. The van der Waals surface area contributed by atoms with Crippen molar-refractivity contribution >= 4 is 11.8 Å². The van der Waals surface area contributed by atoms with E-state index >= 15 is 0 Å². The number of nitrogens with zero attached hydrogens (tertiary/aromatic N) is 1. The van der Waals surface area contributed by atoms with Crippen LogP contribution in [0, 0.1) is 46.3 Å². The predicted octanol–water partition coefficient (Wildman–Crippen LogP) is 5.37. The Morgan fingerprint density at radius 3 is 2.50 bits per heavy atom. The van der Waals surface area contributed by atoms with E-state index in [1.54, 1.807) is 0 Å². The van der Waals surface area contributed by atoms with E-state index in [0.717, 1.165) is 63.6 Å². The lowest BCUT2D eigenvalue weighted by atomic mass is 9.43. The van der Waals surface area contributed by atoms with Gasteiger partial charge < -0.3 is 5.11 Å². The summed E-state index contributed by atoms with van der Waals surface area (Å²) in [5, 5.41) is 12.1. The van der Waals surface area contributed by atoms with Gasteiger partial charge in [-0.3, -0.25) is 10.2 Å². The second-order valence-corrected chi connectivity index (χ2v) is 12.5. The van der Waals surface area contributed by atoms with Crippen molar-refractivity contribution in [2.24, 2.45) is 46.3 Å². The number of aliphatic hydroxyl groups excluding tert-OH is 1. The number of amides is 1. The zero-order valence-corrected chi connectivity index (χ0v) is 21.0. The third-order valence-corrected chi connectivity index (χ3v) is 11.0. The lowest BCUT2D eigenvalue weighted by Gasteiger charge is -2.61. The van der Waals surface area contributed by atoms with Crippen LogP contribution in [-0.2, 0) is 9.59 Å². The Kier molecular flexibility index (Phi) is 6.57. The van der Waals surface area contributed by atoms with Gasteiger partial charge in [0.25, 0.3) is 0 Å². The molecule has 0 bridgehead atoms. The second kappa shape index (κ2) is 9.34. The monoisotopic (exact) mass is 466 g/mol. The molecule has 1 heterocycles. The molecule has 0 spiro atoms. The van der Waals surface area contributed by atoms with Crippen LogP contribution >= 0.6 is 0 Å². The Bertz CT molecular complexity index is 910. The number of hydrogen-bond acceptors (Lipinski definition) is 4. The van der Waals surface area contributed by atoms with Gasteiger partial charge in [-0.2, -0.15) is 0 Å². The third-order valence-electron chi connectivity index (χ3n) is 11.0. The summed E-state index contributed by atoms with van der Waals surface area (Å²) >= 11 is 0. The summed E-state index contributed by atoms with van der Waals surface area (Å²) in [6, 6.07) is 0. The molecule has 34 heavy (non-hydrogen) atoms. The van der Waals surface area contributed by atoms with Crippen LogP contribution in [0.5, 0.6) is 0 Å². The summed E-state index contributed by atoms with van der Waals surface area (Å²) in [7, 11) is 0. The SMILES string of the molecule is C[C@]12CC[C@H]3[C@@H](CCC4C(C=C=C=O)CC(=CO)C[C@@]43C)[C@@H]1CC[C@@H]2C(=O)NN1CCCCC1. The average molecular weight is 467 g/mol. The van der Waals surface area contributed by atoms with Gasteiger partial charge >= 0.3 is 0 Å². The maximum atomic E-state index is 13.4. The number of piperidine rings is 1. The Labute approximate surface area is 204 Å². The molecule has 4 saturated carbocycles. The van der Waals surface area contributed by atoms with Crippen molar-refractivity contribution < 1.29 is 14.7 Å². The van der Waals surface area contributed by atoms with Crippen LogP contribution < -0.4 is 5.43 Å². The van der Waals surface area contributed by atoms with Crippen LogP contribution in [0.4, 0.5) is 0 Å².